The van der Waals surface area contributed by atoms with Gasteiger partial charge in [0.25, 0.3) is 11.8 Å². The summed E-state index contributed by atoms with van der Waals surface area (Å²) in [7, 11) is 2.05. The maximum atomic E-state index is 14.2. The molecule has 0 radical (unpaired) electrons. The Balaban J connectivity index is 0.00000312. The van der Waals surface area contributed by atoms with Gasteiger partial charge in [-0.15, -0.1) is 5.52 Å². The van der Waals surface area contributed by atoms with Crippen LogP contribution in [0.15, 0.2) is 54.7 Å². The van der Waals surface area contributed by atoms with Crippen LogP contribution in [0.1, 0.15) is 48.8 Å². The smallest absolute Gasteiger partial charge is 0.663 e. The van der Waals surface area contributed by atoms with Crippen molar-refractivity contribution in [2.24, 2.45) is 5.92 Å². The van der Waals surface area contributed by atoms with Gasteiger partial charge in [-0.05, 0) is 56.2 Å². The first kappa shape index (κ1) is 30.0. The number of fused-ring (bicyclic) bond motifs is 5. The second kappa shape index (κ2) is 10.7. The van der Waals surface area contributed by atoms with Gasteiger partial charge in [-0.3, -0.25) is 24.0 Å². The monoisotopic (exact) mass is 605 g/mol. The molecule has 5 heterocycles. The van der Waals surface area contributed by atoms with Crippen molar-refractivity contribution in [1.29, 1.82) is 0 Å². The standard InChI is InChI=1S/C33H36N5O5.Na/c1-32(35-29(39)21-15-23-22-10-6-11-24-28(22)20(17-34-24)16-25(23)36(2)18-21)31(41)38-26(14-19-8-4-3-5-9-19)30(40)37-13-7-12-27(37)33(38,42)43-32;/h3-6,8-11,17,21,23,25-27,42H,7,12-16,18H2,1-2H3,(H,35,39);/q-1;+1/t21-,23?,25-,26+,27+,32-,33+;/m1./s1. The Kier molecular flexibility index (Phi) is 7.27. The summed E-state index contributed by atoms with van der Waals surface area (Å²) in [4.78, 5) is 51.6. The number of carbonyl (C=O) groups excluding carboxylic acids is 3. The number of nitrogens with one attached hydrogen (secondary N) is 1. The molecule has 3 amide bonds. The Bertz CT molecular complexity index is 1650. The molecule has 0 saturated carbocycles. The maximum absolute atomic E-state index is 14.2. The number of ether oxygens (including phenoxy) is 1. The van der Waals surface area contributed by atoms with Crippen LogP contribution in [0, 0.1) is 5.92 Å². The molecule has 2 N–H and O–H groups in total. The van der Waals surface area contributed by atoms with E-state index in [0.29, 0.717) is 32.4 Å². The molecule has 0 spiro atoms. The van der Waals surface area contributed by atoms with Crippen LogP contribution in [0.2, 0.25) is 0 Å². The Morgan fingerprint density at radius 2 is 1.95 bits per heavy atom. The summed E-state index contributed by atoms with van der Waals surface area (Å²) in [5, 5.41) is 16.2. The average Bonchev–Trinajstić information content (AvgIpc) is 3.70. The van der Waals surface area contributed by atoms with E-state index in [9.17, 15) is 19.5 Å². The minimum Gasteiger partial charge on any atom is -0.663 e. The number of aromatic nitrogens is 1. The third kappa shape index (κ3) is 4.33. The summed E-state index contributed by atoms with van der Waals surface area (Å²) < 4.78 is 6.24. The zero-order valence-electron chi connectivity index (χ0n) is 25.4. The number of rotatable bonds is 4. The summed E-state index contributed by atoms with van der Waals surface area (Å²) in [6.45, 7) is 2.54. The molecular weight excluding hydrogens is 569 g/mol. The first-order valence-corrected chi connectivity index (χ1v) is 15.3. The van der Waals surface area contributed by atoms with Gasteiger partial charge in [-0.25, -0.2) is 0 Å². The Labute approximate surface area is 278 Å². The van der Waals surface area contributed by atoms with Crippen LogP contribution in [0.3, 0.4) is 0 Å². The number of aliphatic hydroxyl groups is 1. The van der Waals surface area contributed by atoms with E-state index < -0.39 is 35.5 Å². The van der Waals surface area contributed by atoms with E-state index in [1.165, 1.54) is 28.3 Å². The van der Waals surface area contributed by atoms with Crippen molar-refractivity contribution in [3.8, 4) is 0 Å². The fraction of sp³-hybridized carbons (Fsp3) is 0.485. The Morgan fingerprint density at radius 1 is 1.16 bits per heavy atom. The van der Waals surface area contributed by atoms with E-state index in [0.717, 1.165) is 17.5 Å². The van der Waals surface area contributed by atoms with Gasteiger partial charge in [0, 0.05) is 31.5 Å². The van der Waals surface area contributed by atoms with Gasteiger partial charge in [0.05, 0.1) is 5.92 Å². The number of piperidine rings is 1. The molecule has 1 aliphatic carbocycles. The predicted molar refractivity (Wildman–Crippen MR) is 156 cm³/mol. The van der Waals surface area contributed by atoms with E-state index in [-0.39, 0.29) is 59.8 Å². The molecule has 10 nitrogen and oxygen atoms in total. The first-order chi connectivity index (χ1) is 20.7. The molecule has 1 aromatic heterocycles. The minimum absolute atomic E-state index is 0. The third-order valence-corrected chi connectivity index (χ3v) is 10.6. The van der Waals surface area contributed by atoms with Crippen LogP contribution in [0.5, 0.6) is 0 Å². The van der Waals surface area contributed by atoms with E-state index in [1.54, 1.807) is 4.90 Å². The van der Waals surface area contributed by atoms with E-state index in [2.05, 4.69) is 28.3 Å². The minimum atomic E-state index is -2.03. The van der Waals surface area contributed by atoms with Gasteiger partial charge < -0.3 is 25.2 Å². The molecule has 0 bridgehead atoms. The zero-order valence-corrected chi connectivity index (χ0v) is 27.4. The van der Waals surface area contributed by atoms with E-state index >= 15 is 0 Å². The molecule has 5 aliphatic rings. The molecule has 4 aliphatic heterocycles. The van der Waals surface area contributed by atoms with E-state index in [4.69, 9.17) is 4.74 Å². The van der Waals surface area contributed by atoms with Gasteiger partial charge in [0.2, 0.25) is 17.5 Å². The molecule has 8 rings (SSSR count). The molecule has 11 heteroatoms. The summed E-state index contributed by atoms with van der Waals surface area (Å²) in [5.74, 6) is -3.36. The molecule has 4 fully saturated rings. The molecule has 3 aromatic rings. The number of benzene rings is 2. The molecule has 4 saturated heterocycles. The quantitative estimate of drug-likeness (QED) is 0.356. The maximum Gasteiger partial charge on any atom is 1.00 e. The summed E-state index contributed by atoms with van der Waals surface area (Å²) in [5.41, 5.74) is 2.52. The van der Waals surface area contributed by atoms with Crippen molar-refractivity contribution in [2.45, 2.75) is 74.7 Å². The van der Waals surface area contributed by atoms with Crippen molar-refractivity contribution in [3.63, 3.8) is 0 Å². The molecule has 1 unspecified atom stereocenters. The van der Waals surface area contributed by atoms with Gasteiger partial charge in [0.1, 0.15) is 12.1 Å². The molecule has 224 valence electrons. The summed E-state index contributed by atoms with van der Waals surface area (Å²) >= 11 is 0. The fourth-order valence-corrected chi connectivity index (χ4v) is 8.58. The van der Waals surface area contributed by atoms with Crippen molar-refractivity contribution in [3.05, 3.63) is 71.4 Å². The second-order valence-electron chi connectivity index (χ2n) is 13.1. The number of carbonyl (C=O) groups is 3. The normalized spacial score (nSPS) is 34.4. The Morgan fingerprint density at radius 3 is 2.75 bits per heavy atom. The van der Waals surface area contributed by atoms with Crippen LogP contribution in [0.25, 0.3) is 10.9 Å². The topological polar surface area (TPSA) is 117 Å². The van der Waals surface area contributed by atoms with Crippen molar-refractivity contribution in [2.75, 3.05) is 20.1 Å². The van der Waals surface area contributed by atoms with Gasteiger partial charge in [-0.1, -0.05) is 54.1 Å². The van der Waals surface area contributed by atoms with Crippen LogP contribution < -0.4 is 39.9 Å². The number of piperazine rings is 1. The Hall–Kier alpha value is -2.73. The number of nitrogens with zero attached hydrogens (tertiary/aromatic N) is 4. The largest absolute Gasteiger partial charge is 1.00 e. The number of amides is 3. The molecular formula is C33H36N5NaO5. The van der Waals surface area contributed by atoms with Gasteiger partial charge >= 0.3 is 29.6 Å². The van der Waals surface area contributed by atoms with Crippen molar-refractivity contribution < 1.29 is 53.8 Å². The average molecular weight is 606 g/mol. The summed E-state index contributed by atoms with van der Waals surface area (Å²) in [6.07, 6.45) is 4.95. The van der Waals surface area contributed by atoms with Gasteiger partial charge in [0.15, 0.2) is 0 Å². The van der Waals surface area contributed by atoms with Crippen LogP contribution >= 0.6 is 0 Å². The summed E-state index contributed by atoms with van der Waals surface area (Å²) in [6, 6.07) is 14.3. The third-order valence-electron chi connectivity index (χ3n) is 10.6. The van der Waals surface area contributed by atoms with E-state index in [1.807, 2.05) is 48.7 Å². The number of hydrogen-bond acceptors (Lipinski definition) is 6. The molecule has 7 atom stereocenters. The zero-order chi connectivity index (χ0) is 29.7. The van der Waals surface area contributed by atoms with Gasteiger partial charge in [-0.2, -0.15) is 6.20 Å². The van der Waals surface area contributed by atoms with Crippen LogP contribution in [-0.2, 0) is 32.0 Å². The predicted octanol–water partition coefficient (Wildman–Crippen LogP) is -1.29. The van der Waals surface area contributed by atoms with Crippen LogP contribution in [-0.4, -0.2) is 87.4 Å². The van der Waals surface area contributed by atoms with Crippen LogP contribution in [0.4, 0.5) is 0 Å². The van der Waals surface area contributed by atoms with Crippen molar-refractivity contribution in [1.82, 2.24) is 25.0 Å². The number of likely N-dealkylation sites (tertiary alicyclic amines) is 1. The number of hydrogen-bond donors (Lipinski definition) is 2. The second-order valence-corrected chi connectivity index (χ2v) is 13.1. The SMILES string of the molecule is CN1C[C@H](C(=O)N[C@]2(C)O[C@@]3(O)[C@@H]4CCCN4C(=O)[C@H](Cc4ccccc4)N3C2=O)CC2c3cccc4[n-]cc(c34)C[C@H]21.[Na+]. The molecule has 2 aromatic carbocycles. The molecule has 44 heavy (non-hydrogen) atoms. The first-order valence-electron chi connectivity index (χ1n) is 15.3. The van der Waals surface area contributed by atoms with Crippen molar-refractivity contribution >= 4 is 28.6 Å². The number of likely N-dealkylation sites (N-methyl/N-ethyl adjacent to an activating group) is 1. The fourth-order valence-electron chi connectivity index (χ4n) is 8.58.